The number of anilines is 1. The first-order valence-electron chi connectivity index (χ1n) is 8.49. The highest BCUT2D eigenvalue weighted by Crippen LogP contribution is 2.10. The van der Waals surface area contributed by atoms with Gasteiger partial charge in [-0.15, -0.1) is 0 Å². The monoisotopic (exact) mass is 326 g/mol. The second-order valence-corrected chi connectivity index (χ2v) is 5.96. The number of carbonyl (C=O) groups is 1. The highest BCUT2D eigenvalue weighted by atomic mass is 16.1. The third-order valence-corrected chi connectivity index (χ3v) is 3.81. The van der Waals surface area contributed by atoms with E-state index in [9.17, 15) is 4.79 Å². The van der Waals surface area contributed by atoms with E-state index in [0.29, 0.717) is 18.2 Å². The van der Waals surface area contributed by atoms with Gasteiger partial charge >= 0.3 is 0 Å². The number of hydrogen-bond acceptors (Lipinski definition) is 4. The first kappa shape index (κ1) is 17.9. The van der Waals surface area contributed by atoms with Crippen LogP contribution >= 0.6 is 0 Å². The summed E-state index contributed by atoms with van der Waals surface area (Å²) in [5.41, 5.74) is 2.43. The van der Waals surface area contributed by atoms with Gasteiger partial charge in [0.1, 0.15) is 5.69 Å². The Kier molecular flexibility index (Phi) is 6.73. The van der Waals surface area contributed by atoms with E-state index in [-0.39, 0.29) is 5.91 Å². The molecule has 0 fully saturated rings. The van der Waals surface area contributed by atoms with Crippen molar-refractivity contribution in [1.29, 1.82) is 0 Å². The van der Waals surface area contributed by atoms with Crippen LogP contribution in [0, 0.1) is 6.92 Å². The first-order chi connectivity index (χ1) is 11.6. The Morgan fingerprint density at radius 3 is 2.67 bits per heavy atom. The van der Waals surface area contributed by atoms with Crippen LogP contribution in [0.2, 0.25) is 0 Å². The molecule has 1 aromatic heterocycles. The summed E-state index contributed by atoms with van der Waals surface area (Å²) in [7, 11) is 1.96. The molecule has 5 nitrogen and oxygen atoms in total. The van der Waals surface area contributed by atoms with Gasteiger partial charge in [-0.2, -0.15) is 0 Å². The second-order valence-electron chi connectivity index (χ2n) is 5.96. The SMILES string of the molecule is CCCCN(C)c1nc(C)cc(C(=O)NCCc2ccccc2)n1. The number of rotatable bonds is 8. The van der Waals surface area contributed by atoms with Gasteiger partial charge in [0.25, 0.3) is 5.91 Å². The van der Waals surface area contributed by atoms with E-state index in [1.807, 2.05) is 37.1 Å². The maximum absolute atomic E-state index is 12.4. The van der Waals surface area contributed by atoms with Crippen molar-refractivity contribution in [1.82, 2.24) is 15.3 Å². The number of aryl methyl sites for hydroxylation is 1. The zero-order valence-electron chi connectivity index (χ0n) is 14.7. The summed E-state index contributed by atoms with van der Waals surface area (Å²) in [6.45, 7) is 5.51. The molecular formula is C19H26N4O. The third kappa shape index (κ3) is 5.33. The maximum Gasteiger partial charge on any atom is 0.270 e. The van der Waals surface area contributed by atoms with Gasteiger partial charge < -0.3 is 10.2 Å². The topological polar surface area (TPSA) is 58.1 Å². The summed E-state index contributed by atoms with van der Waals surface area (Å²) in [6.07, 6.45) is 3.00. The standard InChI is InChI=1S/C19H26N4O/c1-4-5-13-23(3)19-21-15(2)14-17(22-19)18(24)20-12-11-16-9-7-6-8-10-16/h6-10,14H,4-5,11-13H2,1-3H3,(H,20,24). The molecule has 1 amide bonds. The second kappa shape index (κ2) is 9.01. The molecule has 0 aliphatic heterocycles. The smallest absolute Gasteiger partial charge is 0.270 e. The number of nitrogens with zero attached hydrogens (tertiary/aromatic N) is 3. The molecule has 24 heavy (non-hydrogen) atoms. The van der Waals surface area contributed by atoms with Crippen LogP contribution in [0.3, 0.4) is 0 Å². The maximum atomic E-state index is 12.4. The number of nitrogens with one attached hydrogen (secondary N) is 1. The van der Waals surface area contributed by atoms with Gasteiger partial charge in [-0.3, -0.25) is 4.79 Å². The molecule has 0 bridgehead atoms. The Balaban J connectivity index is 1.97. The summed E-state index contributed by atoms with van der Waals surface area (Å²) in [6, 6.07) is 11.8. The molecule has 2 aromatic rings. The van der Waals surface area contributed by atoms with Gasteiger partial charge in [0, 0.05) is 25.8 Å². The lowest BCUT2D eigenvalue weighted by Crippen LogP contribution is -2.28. The van der Waals surface area contributed by atoms with Crippen molar-refractivity contribution in [3.63, 3.8) is 0 Å². The molecule has 5 heteroatoms. The molecule has 1 N–H and O–H groups in total. The lowest BCUT2D eigenvalue weighted by molar-refractivity contribution is 0.0949. The van der Waals surface area contributed by atoms with Crippen LogP contribution in [0.15, 0.2) is 36.4 Å². The van der Waals surface area contributed by atoms with Crippen LogP contribution in [0.5, 0.6) is 0 Å². The van der Waals surface area contributed by atoms with Crippen molar-refractivity contribution >= 4 is 11.9 Å². The normalized spacial score (nSPS) is 10.5. The largest absolute Gasteiger partial charge is 0.350 e. The average molecular weight is 326 g/mol. The lowest BCUT2D eigenvalue weighted by atomic mass is 10.1. The molecule has 128 valence electrons. The van der Waals surface area contributed by atoms with Crippen molar-refractivity contribution in [3.8, 4) is 0 Å². The number of unbranched alkanes of at least 4 members (excludes halogenated alkanes) is 1. The van der Waals surface area contributed by atoms with Gasteiger partial charge in [-0.1, -0.05) is 43.7 Å². The zero-order chi connectivity index (χ0) is 17.4. The van der Waals surface area contributed by atoms with E-state index in [1.54, 1.807) is 6.07 Å². The van der Waals surface area contributed by atoms with E-state index in [1.165, 1.54) is 5.56 Å². The third-order valence-electron chi connectivity index (χ3n) is 3.81. The summed E-state index contributed by atoms with van der Waals surface area (Å²) < 4.78 is 0. The van der Waals surface area contributed by atoms with E-state index < -0.39 is 0 Å². The Bertz CT molecular complexity index is 658. The molecule has 0 unspecified atom stereocenters. The Labute approximate surface area is 144 Å². The molecule has 0 atom stereocenters. The molecule has 2 rings (SSSR count). The van der Waals surface area contributed by atoms with Crippen LogP contribution in [-0.4, -0.2) is 36.0 Å². The van der Waals surface area contributed by atoms with Gasteiger partial charge in [0.05, 0.1) is 0 Å². The molecule has 0 radical (unpaired) electrons. The predicted octanol–water partition coefficient (Wildman–Crippen LogP) is 2.99. The van der Waals surface area contributed by atoms with Crippen molar-refractivity contribution < 1.29 is 4.79 Å². The van der Waals surface area contributed by atoms with Crippen LogP contribution in [0.1, 0.15) is 41.5 Å². The summed E-state index contributed by atoms with van der Waals surface area (Å²) in [5.74, 6) is 0.457. The Morgan fingerprint density at radius 2 is 1.96 bits per heavy atom. The van der Waals surface area contributed by atoms with Crippen LogP contribution in [0.25, 0.3) is 0 Å². The van der Waals surface area contributed by atoms with E-state index >= 15 is 0 Å². The van der Waals surface area contributed by atoms with E-state index in [0.717, 1.165) is 31.5 Å². The van der Waals surface area contributed by atoms with E-state index in [2.05, 4.69) is 34.3 Å². The molecule has 1 aromatic carbocycles. The first-order valence-corrected chi connectivity index (χ1v) is 8.49. The molecule has 0 saturated heterocycles. The van der Waals surface area contributed by atoms with Crippen LogP contribution in [-0.2, 0) is 6.42 Å². The molecule has 0 aliphatic rings. The van der Waals surface area contributed by atoms with Gasteiger partial charge in [0.15, 0.2) is 0 Å². The summed E-state index contributed by atoms with van der Waals surface area (Å²) >= 11 is 0. The van der Waals surface area contributed by atoms with Gasteiger partial charge in [-0.25, -0.2) is 9.97 Å². The number of carbonyl (C=O) groups excluding carboxylic acids is 1. The highest BCUT2D eigenvalue weighted by Gasteiger charge is 2.12. The Morgan fingerprint density at radius 1 is 1.21 bits per heavy atom. The fourth-order valence-electron chi connectivity index (χ4n) is 2.39. The summed E-state index contributed by atoms with van der Waals surface area (Å²) in [4.78, 5) is 23.2. The number of aromatic nitrogens is 2. The van der Waals surface area contributed by atoms with Crippen molar-refractivity contribution in [2.45, 2.75) is 33.1 Å². The minimum atomic E-state index is -0.151. The van der Waals surface area contributed by atoms with E-state index in [4.69, 9.17) is 0 Å². The molecule has 1 heterocycles. The number of amides is 1. The summed E-state index contributed by atoms with van der Waals surface area (Å²) in [5, 5.41) is 2.94. The minimum Gasteiger partial charge on any atom is -0.350 e. The average Bonchev–Trinajstić information content (AvgIpc) is 2.60. The minimum absolute atomic E-state index is 0.151. The number of benzene rings is 1. The Hall–Kier alpha value is -2.43. The highest BCUT2D eigenvalue weighted by molar-refractivity contribution is 5.92. The molecule has 0 aliphatic carbocycles. The molecule has 0 saturated carbocycles. The quantitative estimate of drug-likeness (QED) is 0.810. The lowest BCUT2D eigenvalue weighted by Gasteiger charge is -2.17. The predicted molar refractivity (Wildman–Crippen MR) is 97.4 cm³/mol. The van der Waals surface area contributed by atoms with Crippen LogP contribution < -0.4 is 10.2 Å². The molecule has 0 spiro atoms. The van der Waals surface area contributed by atoms with Crippen molar-refractivity contribution in [2.24, 2.45) is 0 Å². The van der Waals surface area contributed by atoms with Gasteiger partial charge in [0.2, 0.25) is 5.95 Å². The fraction of sp³-hybridized carbons (Fsp3) is 0.421. The van der Waals surface area contributed by atoms with Gasteiger partial charge in [-0.05, 0) is 31.4 Å². The van der Waals surface area contributed by atoms with Crippen LogP contribution in [0.4, 0.5) is 5.95 Å². The molecular weight excluding hydrogens is 300 g/mol. The van der Waals surface area contributed by atoms with Crippen molar-refractivity contribution in [3.05, 3.63) is 53.3 Å². The number of hydrogen-bond donors (Lipinski definition) is 1. The van der Waals surface area contributed by atoms with Crippen molar-refractivity contribution in [2.75, 3.05) is 25.0 Å². The fourth-order valence-corrected chi connectivity index (χ4v) is 2.39. The zero-order valence-corrected chi connectivity index (χ0v) is 14.7.